The molecule has 3 fully saturated rings. The van der Waals surface area contributed by atoms with Crippen molar-refractivity contribution in [1.82, 2.24) is 19.8 Å². The van der Waals surface area contributed by atoms with E-state index in [0.29, 0.717) is 25.6 Å². The van der Waals surface area contributed by atoms with Gasteiger partial charge in [-0.05, 0) is 42.5 Å². The molecule has 49 heavy (non-hydrogen) atoms. The van der Waals surface area contributed by atoms with Gasteiger partial charge in [0.2, 0.25) is 0 Å². The van der Waals surface area contributed by atoms with E-state index in [1.54, 1.807) is 6.20 Å². The average molecular weight is 721 g/mol. The minimum atomic E-state index is -5.08. The number of aliphatic carboxylic acids is 3. The Morgan fingerprint density at radius 3 is 1.84 bits per heavy atom. The molecule has 0 bridgehead atoms. The Balaban J connectivity index is 0.000000325. The highest BCUT2D eigenvalue weighted by molar-refractivity contribution is 5.88. The van der Waals surface area contributed by atoms with Crippen molar-refractivity contribution in [3.8, 4) is 0 Å². The summed E-state index contributed by atoms with van der Waals surface area (Å²) in [4.78, 5) is 53.4. The van der Waals surface area contributed by atoms with Crippen LogP contribution in [0.3, 0.4) is 0 Å². The van der Waals surface area contributed by atoms with E-state index in [1.807, 2.05) is 36.7 Å². The third-order valence-corrected chi connectivity index (χ3v) is 6.93. The molecule has 1 saturated carbocycles. The zero-order valence-electron chi connectivity index (χ0n) is 25.0. The molecule has 0 radical (unpaired) electrons. The van der Waals surface area contributed by atoms with Crippen LogP contribution in [0.2, 0.25) is 0 Å². The number of amides is 1. The number of carbonyl (C=O) groups is 4. The van der Waals surface area contributed by atoms with Gasteiger partial charge in [-0.15, -0.1) is 0 Å². The van der Waals surface area contributed by atoms with E-state index >= 15 is 0 Å². The highest BCUT2D eigenvalue weighted by atomic mass is 19.4. The number of rotatable bonds is 5. The van der Waals surface area contributed by atoms with Gasteiger partial charge in [-0.1, -0.05) is 12.1 Å². The van der Waals surface area contributed by atoms with Crippen molar-refractivity contribution in [2.24, 2.45) is 5.92 Å². The molecule has 1 spiro atoms. The number of ether oxygens (including phenoxy) is 1. The number of pyridine rings is 2. The van der Waals surface area contributed by atoms with Crippen LogP contribution in [0.4, 0.5) is 39.5 Å². The Hall–Kier alpha value is -4.53. The average Bonchev–Trinajstić information content (AvgIpc) is 3.75. The van der Waals surface area contributed by atoms with Gasteiger partial charge < -0.3 is 25.0 Å². The molecule has 2 aromatic rings. The quantitative estimate of drug-likeness (QED) is 0.382. The van der Waals surface area contributed by atoms with Crippen molar-refractivity contribution in [2.45, 2.75) is 49.4 Å². The smallest absolute Gasteiger partial charge is 0.475 e. The lowest BCUT2D eigenvalue weighted by molar-refractivity contribution is -0.193. The summed E-state index contributed by atoms with van der Waals surface area (Å²) in [7, 11) is 0. The molecule has 2 unspecified atom stereocenters. The Morgan fingerprint density at radius 2 is 1.41 bits per heavy atom. The molecule has 3 aliphatic rings. The zero-order chi connectivity index (χ0) is 37.2. The summed E-state index contributed by atoms with van der Waals surface area (Å²) in [6.07, 6.45) is -7.28. The van der Waals surface area contributed by atoms with Crippen molar-refractivity contribution in [2.75, 3.05) is 32.8 Å². The molecule has 3 N–H and O–H groups in total. The molecule has 2 aliphatic heterocycles. The monoisotopic (exact) mass is 720 g/mol. The Kier molecular flexibility index (Phi) is 13.9. The van der Waals surface area contributed by atoms with Crippen LogP contribution in [0.1, 0.15) is 30.0 Å². The molecule has 2 saturated heterocycles. The van der Waals surface area contributed by atoms with Gasteiger partial charge in [0, 0.05) is 57.2 Å². The van der Waals surface area contributed by atoms with Crippen molar-refractivity contribution in [3.63, 3.8) is 0 Å². The van der Waals surface area contributed by atoms with E-state index < -0.39 is 42.0 Å². The van der Waals surface area contributed by atoms with Crippen molar-refractivity contribution in [1.29, 1.82) is 0 Å². The predicted octanol–water partition coefficient (Wildman–Crippen LogP) is 3.98. The molecule has 1 amide bonds. The van der Waals surface area contributed by atoms with E-state index in [-0.39, 0.29) is 11.8 Å². The number of halogens is 9. The van der Waals surface area contributed by atoms with E-state index in [2.05, 4.69) is 25.8 Å². The summed E-state index contributed by atoms with van der Waals surface area (Å²) in [6, 6.07) is 9.98. The fourth-order valence-corrected chi connectivity index (χ4v) is 4.63. The molecule has 2 atom stereocenters. The molecule has 21 heteroatoms. The number of alkyl halides is 9. The van der Waals surface area contributed by atoms with Gasteiger partial charge in [0.15, 0.2) is 5.60 Å². The number of hydrogen-bond donors (Lipinski definition) is 3. The molecule has 12 nitrogen and oxygen atoms in total. The van der Waals surface area contributed by atoms with E-state index in [9.17, 15) is 44.3 Å². The van der Waals surface area contributed by atoms with Crippen molar-refractivity contribution in [3.05, 3.63) is 60.2 Å². The third kappa shape index (κ3) is 12.8. The van der Waals surface area contributed by atoms with Crippen LogP contribution in [-0.2, 0) is 30.5 Å². The third-order valence-electron chi connectivity index (χ3n) is 6.93. The number of morpholine rings is 1. The number of carbonyl (C=O) groups excluding carboxylic acids is 1. The largest absolute Gasteiger partial charge is 0.490 e. The highest BCUT2D eigenvalue weighted by Crippen LogP contribution is 2.43. The van der Waals surface area contributed by atoms with Crippen LogP contribution in [0, 0.1) is 5.92 Å². The molecule has 2 aromatic heterocycles. The Morgan fingerprint density at radius 1 is 0.857 bits per heavy atom. The predicted molar refractivity (Wildman–Crippen MR) is 146 cm³/mol. The van der Waals surface area contributed by atoms with Gasteiger partial charge in [0.25, 0.3) is 5.91 Å². The Labute approximate surface area is 271 Å². The zero-order valence-corrected chi connectivity index (χ0v) is 25.0. The van der Waals surface area contributed by atoms with Gasteiger partial charge in [-0.25, -0.2) is 14.4 Å². The standard InChI is InChI=1S/C22H26N4O2.3C2HF3O2/c27-21-22(28-11-10-26(21)13-17-6-7-17)16-25(14-19-5-1-2-9-24-19)15-20(22)18-4-3-8-23-12-18;3*3-2(4,5)1(6)7/h1-5,8-9,12,17,20H,6-7,10-11,13-16H2;3*(H,6,7). The van der Waals surface area contributed by atoms with E-state index in [1.165, 1.54) is 12.8 Å². The number of hydrogen-bond acceptors (Lipinski definition) is 8. The number of nitrogens with zero attached hydrogens (tertiary/aromatic N) is 4. The van der Waals surface area contributed by atoms with Gasteiger partial charge in [0.05, 0.1) is 12.3 Å². The minimum absolute atomic E-state index is 0.0144. The van der Waals surface area contributed by atoms with Crippen LogP contribution in [0.15, 0.2) is 48.9 Å². The fourth-order valence-electron chi connectivity index (χ4n) is 4.63. The first-order valence-electron chi connectivity index (χ1n) is 13.9. The molecule has 0 aromatic carbocycles. The summed E-state index contributed by atoms with van der Waals surface area (Å²) in [5, 5.41) is 21.4. The maximum atomic E-state index is 13.6. The van der Waals surface area contributed by atoms with Crippen LogP contribution in [0.25, 0.3) is 0 Å². The molecule has 4 heterocycles. The summed E-state index contributed by atoms with van der Waals surface area (Å²) < 4.78 is 102. The molecule has 1 aliphatic carbocycles. The maximum Gasteiger partial charge on any atom is 0.490 e. The molecular weight excluding hydrogens is 691 g/mol. The lowest BCUT2D eigenvalue weighted by atomic mass is 9.83. The Bertz CT molecular complexity index is 1350. The van der Waals surface area contributed by atoms with Crippen molar-refractivity contribution >= 4 is 23.8 Å². The molecule has 272 valence electrons. The van der Waals surface area contributed by atoms with E-state index in [0.717, 1.165) is 30.9 Å². The van der Waals surface area contributed by atoms with Gasteiger partial charge in [0.1, 0.15) is 0 Å². The lowest BCUT2D eigenvalue weighted by Crippen LogP contribution is -2.60. The summed E-state index contributed by atoms with van der Waals surface area (Å²) >= 11 is 0. The summed E-state index contributed by atoms with van der Waals surface area (Å²) in [5.74, 6) is -7.45. The fraction of sp³-hybridized carbons (Fsp3) is 0.500. The van der Waals surface area contributed by atoms with Crippen molar-refractivity contribution < 1.29 is 78.7 Å². The second kappa shape index (κ2) is 16.7. The second-order valence-electron chi connectivity index (χ2n) is 10.7. The first-order chi connectivity index (χ1) is 22.6. The van der Waals surface area contributed by atoms with Crippen LogP contribution < -0.4 is 0 Å². The number of carboxylic acids is 3. The normalized spacial score (nSPS) is 21.0. The summed E-state index contributed by atoms with van der Waals surface area (Å²) in [6.45, 7) is 4.28. The first kappa shape index (κ1) is 40.6. The van der Waals surface area contributed by atoms with Crippen LogP contribution in [-0.4, -0.2) is 116 Å². The van der Waals surface area contributed by atoms with E-state index in [4.69, 9.17) is 34.4 Å². The van der Waals surface area contributed by atoms with Gasteiger partial charge in [-0.3, -0.25) is 19.7 Å². The van der Waals surface area contributed by atoms with Gasteiger partial charge >= 0.3 is 36.4 Å². The molecular formula is C28H29F9N4O8. The lowest BCUT2D eigenvalue weighted by Gasteiger charge is -2.42. The molecule has 5 rings (SSSR count). The van der Waals surface area contributed by atoms with Crippen LogP contribution in [0.5, 0.6) is 0 Å². The maximum absolute atomic E-state index is 13.6. The number of carboxylic acid groups (broad SMARTS) is 3. The summed E-state index contributed by atoms with van der Waals surface area (Å²) in [5.41, 5.74) is 1.28. The second-order valence-corrected chi connectivity index (χ2v) is 10.7. The first-order valence-corrected chi connectivity index (χ1v) is 13.9. The van der Waals surface area contributed by atoms with Crippen LogP contribution >= 0.6 is 0 Å². The highest BCUT2D eigenvalue weighted by Gasteiger charge is 2.57. The number of aromatic nitrogens is 2. The SMILES string of the molecule is O=C(O)C(F)(F)F.O=C(O)C(F)(F)F.O=C(O)C(F)(F)F.O=C1N(CC2CC2)CCOC12CN(Cc1ccccn1)CC2c1cccnc1. The van der Waals surface area contributed by atoms with Gasteiger partial charge in [-0.2, -0.15) is 39.5 Å². The minimum Gasteiger partial charge on any atom is -0.475 e. The number of likely N-dealkylation sites (tertiary alicyclic amines) is 1. The topological polar surface area (TPSA) is 170 Å².